The summed E-state index contributed by atoms with van der Waals surface area (Å²) in [4.78, 5) is 3.87. The Labute approximate surface area is 127 Å². The first-order chi connectivity index (χ1) is 9.97. The van der Waals surface area contributed by atoms with Gasteiger partial charge >= 0.3 is 0 Å². The van der Waals surface area contributed by atoms with Crippen LogP contribution in [-0.2, 0) is 10.0 Å². The van der Waals surface area contributed by atoms with Gasteiger partial charge in [0.1, 0.15) is 0 Å². The zero-order valence-electron chi connectivity index (χ0n) is 11.0. The molecule has 0 saturated carbocycles. The van der Waals surface area contributed by atoms with Gasteiger partial charge in [-0.3, -0.25) is 4.72 Å². The number of pyridine rings is 1. The quantitative estimate of drug-likeness (QED) is 0.901. The van der Waals surface area contributed by atoms with Crippen molar-refractivity contribution in [2.24, 2.45) is 0 Å². The molecule has 2 aromatic rings. The summed E-state index contributed by atoms with van der Waals surface area (Å²) in [5.41, 5.74) is 0.898. The van der Waals surface area contributed by atoms with E-state index in [9.17, 15) is 8.42 Å². The second-order valence-corrected chi connectivity index (χ2v) is 6.02. The van der Waals surface area contributed by atoms with Gasteiger partial charge in [0, 0.05) is 13.2 Å². The first-order valence-electron chi connectivity index (χ1n) is 5.83. The lowest BCUT2D eigenvalue weighted by atomic mass is 10.2. The first-order valence-corrected chi connectivity index (χ1v) is 7.69. The van der Waals surface area contributed by atoms with E-state index in [0.717, 1.165) is 0 Å². The van der Waals surface area contributed by atoms with E-state index in [-0.39, 0.29) is 15.7 Å². The van der Waals surface area contributed by atoms with Crippen molar-refractivity contribution in [2.75, 3.05) is 17.1 Å². The van der Waals surface area contributed by atoms with Crippen LogP contribution >= 0.6 is 11.6 Å². The Morgan fingerprint density at radius 2 is 2.05 bits per heavy atom. The molecule has 108 valence electrons. The molecule has 0 saturated heterocycles. The summed E-state index contributed by atoms with van der Waals surface area (Å²) in [6, 6.07) is 9.44. The van der Waals surface area contributed by atoms with Gasteiger partial charge in [-0.05, 0) is 30.3 Å². The number of benzene rings is 1. The van der Waals surface area contributed by atoms with Gasteiger partial charge in [-0.1, -0.05) is 11.6 Å². The number of anilines is 2. The number of nitrogens with one attached hydrogen (secondary N) is 2. The monoisotopic (exact) mass is 322 g/mol. The second kappa shape index (κ2) is 5.99. The molecule has 0 atom stereocenters. The molecule has 0 aliphatic heterocycles. The topological polar surface area (TPSA) is 94.9 Å². The largest absolute Gasteiger partial charge is 0.386 e. The highest BCUT2D eigenvalue weighted by atomic mass is 35.5. The lowest BCUT2D eigenvalue weighted by Crippen LogP contribution is -2.16. The highest BCUT2D eigenvalue weighted by Crippen LogP contribution is 2.27. The van der Waals surface area contributed by atoms with E-state index in [1.54, 1.807) is 19.2 Å². The lowest BCUT2D eigenvalue weighted by Gasteiger charge is -2.11. The maximum absolute atomic E-state index is 12.4. The molecule has 1 aromatic carbocycles. The van der Waals surface area contributed by atoms with E-state index in [1.165, 1.54) is 24.4 Å². The minimum atomic E-state index is -3.89. The Morgan fingerprint density at radius 1 is 1.29 bits per heavy atom. The van der Waals surface area contributed by atoms with Crippen LogP contribution in [0.5, 0.6) is 0 Å². The van der Waals surface area contributed by atoms with Crippen LogP contribution in [0.15, 0.2) is 41.6 Å². The molecule has 0 spiro atoms. The minimum Gasteiger partial charge on any atom is -0.386 e. The SMILES string of the molecule is CNc1cccnc1S(=O)(=O)Nc1ccc(C#N)cc1Cl. The molecule has 1 heterocycles. The van der Waals surface area contributed by atoms with E-state index in [0.29, 0.717) is 11.3 Å². The Kier molecular flexibility index (Phi) is 4.31. The average Bonchev–Trinajstić information content (AvgIpc) is 2.49. The lowest BCUT2D eigenvalue weighted by molar-refractivity contribution is 0.598. The first kappa shape index (κ1) is 15.1. The van der Waals surface area contributed by atoms with Gasteiger partial charge < -0.3 is 5.32 Å². The Balaban J connectivity index is 2.41. The molecule has 6 nitrogen and oxygen atoms in total. The summed E-state index contributed by atoms with van der Waals surface area (Å²) in [6.07, 6.45) is 1.38. The van der Waals surface area contributed by atoms with E-state index < -0.39 is 10.0 Å². The molecule has 21 heavy (non-hydrogen) atoms. The molecule has 0 bridgehead atoms. The second-order valence-electron chi connectivity index (χ2n) is 4.02. The normalized spacial score (nSPS) is 10.7. The Hall–Kier alpha value is -2.30. The van der Waals surface area contributed by atoms with Gasteiger partial charge in [0.15, 0.2) is 5.03 Å². The predicted molar refractivity (Wildman–Crippen MR) is 80.8 cm³/mol. The average molecular weight is 323 g/mol. The highest BCUT2D eigenvalue weighted by Gasteiger charge is 2.20. The van der Waals surface area contributed by atoms with Crippen molar-refractivity contribution in [3.8, 4) is 6.07 Å². The summed E-state index contributed by atoms with van der Waals surface area (Å²) in [6.45, 7) is 0. The smallest absolute Gasteiger partial charge is 0.281 e. The van der Waals surface area contributed by atoms with Gasteiger partial charge in [0.25, 0.3) is 10.0 Å². The standard InChI is InChI=1S/C13H11ClN4O2S/c1-16-12-3-2-6-17-13(12)21(19,20)18-11-5-4-9(8-15)7-10(11)14/h2-7,16,18H,1H3. The van der Waals surface area contributed by atoms with Crippen molar-refractivity contribution in [2.45, 2.75) is 5.03 Å². The number of aromatic nitrogens is 1. The number of rotatable bonds is 4. The summed E-state index contributed by atoms with van der Waals surface area (Å²) < 4.78 is 27.1. The zero-order chi connectivity index (χ0) is 15.5. The molecule has 8 heteroatoms. The summed E-state index contributed by atoms with van der Waals surface area (Å²) in [5, 5.41) is 11.5. The van der Waals surface area contributed by atoms with Gasteiger partial charge in [0.2, 0.25) is 0 Å². The van der Waals surface area contributed by atoms with E-state index in [2.05, 4.69) is 15.0 Å². The van der Waals surface area contributed by atoms with Crippen molar-refractivity contribution in [3.05, 3.63) is 47.1 Å². The number of nitrogens with zero attached hydrogens (tertiary/aromatic N) is 2. The number of hydrogen-bond donors (Lipinski definition) is 2. The fraction of sp³-hybridized carbons (Fsp3) is 0.0769. The maximum atomic E-state index is 12.4. The van der Waals surface area contributed by atoms with Crippen molar-refractivity contribution >= 4 is 33.0 Å². The van der Waals surface area contributed by atoms with Crippen molar-refractivity contribution < 1.29 is 8.42 Å². The molecule has 2 N–H and O–H groups in total. The highest BCUT2D eigenvalue weighted by molar-refractivity contribution is 7.92. The Morgan fingerprint density at radius 3 is 2.67 bits per heavy atom. The van der Waals surface area contributed by atoms with Crippen LogP contribution in [-0.4, -0.2) is 20.4 Å². The van der Waals surface area contributed by atoms with Crippen LogP contribution in [0.2, 0.25) is 5.02 Å². The Bertz CT molecular complexity index is 815. The molecular formula is C13H11ClN4O2S. The zero-order valence-corrected chi connectivity index (χ0v) is 12.5. The number of sulfonamides is 1. The van der Waals surface area contributed by atoms with Gasteiger partial charge in [-0.25, -0.2) is 4.98 Å². The van der Waals surface area contributed by atoms with E-state index >= 15 is 0 Å². The molecule has 0 amide bonds. The van der Waals surface area contributed by atoms with Gasteiger partial charge in [-0.15, -0.1) is 0 Å². The van der Waals surface area contributed by atoms with Gasteiger partial charge in [0.05, 0.1) is 28.0 Å². The van der Waals surface area contributed by atoms with Gasteiger partial charge in [-0.2, -0.15) is 13.7 Å². The minimum absolute atomic E-state index is 0.132. The van der Waals surface area contributed by atoms with Crippen LogP contribution in [0.4, 0.5) is 11.4 Å². The van der Waals surface area contributed by atoms with Crippen LogP contribution in [0.3, 0.4) is 0 Å². The molecule has 2 rings (SSSR count). The van der Waals surface area contributed by atoms with E-state index in [4.69, 9.17) is 16.9 Å². The fourth-order valence-corrected chi connectivity index (χ4v) is 3.16. The molecular weight excluding hydrogens is 312 g/mol. The predicted octanol–water partition coefficient (Wildman–Crippen LogP) is 2.45. The third-order valence-electron chi connectivity index (χ3n) is 2.64. The molecule has 0 unspecified atom stereocenters. The summed E-state index contributed by atoms with van der Waals surface area (Å²) in [7, 11) is -2.29. The van der Waals surface area contributed by atoms with Crippen LogP contribution in [0, 0.1) is 11.3 Å². The van der Waals surface area contributed by atoms with Crippen molar-refractivity contribution in [1.29, 1.82) is 5.26 Å². The number of halogens is 1. The third kappa shape index (κ3) is 3.24. The molecule has 1 aromatic heterocycles. The number of nitriles is 1. The van der Waals surface area contributed by atoms with Crippen molar-refractivity contribution in [3.63, 3.8) is 0 Å². The number of hydrogen-bond acceptors (Lipinski definition) is 5. The molecule has 0 aliphatic rings. The summed E-state index contributed by atoms with van der Waals surface area (Å²) in [5.74, 6) is 0. The molecule has 0 fully saturated rings. The molecule has 0 aliphatic carbocycles. The van der Waals surface area contributed by atoms with Crippen molar-refractivity contribution in [1.82, 2.24) is 4.98 Å². The van der Waals surface area contributed by atoms with Crippen LogP contribution in [0.25, 0.3) is 0 Å². The maximum Gasteiger partial charge on any atom is 0.281 e. The van der Waals surface area contributed by atoms with E-state index in [1.807, 2.05) is 6.07 Å². The van der Waals surface area contributed by atoms with Crippen LogP contribution < -0.4 is 10.0 Å². The third-order valence-corrected chi connectivity index (χ3v) is 4.27. The summed E-state index contributed by atoms with van der Waals surface area (Å²) >= 11 is 5.96. The van der Waals surface area contributed by atoms with Crippen LogP contribution in [0.1, 0.15) is 5.56 Å². The fourth-order valence-electron chi connectivity index (χ4n) is 1.66. The molecule has 0 radical (unpaired) electrons.